The molecule has 152 valence electrons. The third kappa shape index (κ3) is 3.99. The number of carbonyl (C=O) groups excluding carboxylic acids is 1. The van der Waals surface area contributed by atoms with Crippen molar-refractivity contribution in [3.63, 3.8) is 0 Å². The molecule has 1 amide bonds. The van der Waals surface area contributed by atoms with Crippen LogP contribution in [0.1, 0.15) is 48.6 Å². The average Bonchev–Trinajstić information content (AvgIpc) is 3.09. The van der Waals surface area contributed by atoms with Crippen LogP contribution in [0.15, 0.2) is 29.1 Å². The lowest BCUT2D eigenvalue weighted by atomic mass is 9.97. The van der Waals surface area contributed by atoms with E-state index in [2.05, 4.69) is 12.2 Å². The molecule has 0 spiro atoms. The fraction of sp³-hybridized carbons (Fsp3) is 0.435. The number of rotatable bonds is 6. The van der Waals surface area contributed by atoms with E-state index in [1.54, 1.807) is 15.9 Å². The van der Waals surface area contributed by atoms with Crippen LogP contribution in [0.2, 0.25) is 0 Å². The Morgan fingerprint density at radius 2 is 2.10 bits per heavy atom. The van der Waals surface area contributed by atoms with Gasteiger partial charge in [-0.05, 0) is 50.7 Å². The Kier molecular flexibility index (Phi) is 5.81. The Morgan fingerprint density at radius 1 is 1.28 bits per heavy atom. The van der Waals surface area contributed by atoms with Crippen LogP contribution in [0, 0.1) is 6.92 Å². The highest BCUT2D eigenvalue weighted by molar-refractivity contribution is 7.18. The Balaban J connectivity index is 1.85. The lowest BCUT2D eigenvalue weighted by Crippen LogP contribution is -2.34. The number of unbranched alkanes of at least 4 members (excludes halogenated alkanes) is 1. The molecule has 1 aromatic carbocycles. The summed E-state index contributed by atoms with van der Waals surface area (Å²) in [4.78, 5) is 33.1. The van der Waals surface area contributed by atoms with E-state index in [1.165, 1.54) is 11.3 Å². The molecule has 6 heteroatoms. The van der Waals surface area contributed by atoms with Crippen LogP contribution >= 0.6 is 11.3 Å². The lowest BCUT2D eigenvalue weighted by molar-refractivity contribution is -0.121. The van der Waals surface area contributed by atoms with Crippen molar-refractivity contribution in [2.75, 3.05) is 6.54 Å². The number of thiophene rings is 1. The van der Waals surface area contributed by atoms with Crippen molar-refractivity contribution in [1.29, 1.82) is 0 Å². The molecule has 0 unspecified atom stereocenters. The predicted molar refractivity (Wildman–Crippen MR) is 119 cm³/mol. The molecule has 0 atom stereocenters. The van der Waals surface area contributed by atoms with Crippen LogP contribution in [0.25, 0.3) is 21.6 Å². The average molecular weight is 410 g/mol. The third-order valence-corrected chi connectivity index (χ3v) is 6.69. The van der Waals surface area contributed by atoms with Gasteiger partial charge in [-0.3, -0.25) is 14.2 Å². The fourth-order valence-corrected chi connectivity index (χ4v) is 5.25. The Morgan fingerprint density at radius 3 is 2.90 bits per heavy atom. The second kappa shape index (κ2) is 8.49. The molecule has 0 saturated heterocycles. The molecule has 0 aliphatic heterocycles. The molecule has 0 bridgehead atoms. The number of aryl methyl sites for hydroxylation is 3. The predicted octanol–water partition coefficient (Wildman–Crippen LogP) is 4.23. The van der Waals surface area contributed by atoms with E-state index in [4.69, 9.17) is 4.98 Å². The van der Waals surface area contributed by atoms with Gasteiger partial charge in [0.1, 0.15) is 17.2 Å². The Bertz CT molecular complexity index is 1110. The summed E-state index contributed by atoms with van der Waals surface area (Å²) in [5, 5.41) is 3.65. The van der Waals surface area contributed by atoms with Gasteiger partial charge < -0.3 is 5.32 Å². The van der Waals surface area contributed by atoms with Crippen LogP contribution < -0.4 is 10.9 Å². The number of fused-ring (bicyclic) bond motifs is 3. The number of benzene rings is 1. The van der Waals surface area contributed by atoms with Gasteiger partial charge in [0.25, 0.3) is 5.56 Å². The monoisotopic (exact) mass is 409 g/mol. The van der Waals surface area contributed by atoms with Gasteiger partial charge in [-0.15, -0.1) is 11.3 Å². The number of nitrogens with one attached hydrogen (secondary N) is 1. The van der Waals surface area contributed by atoms with Crippen molar-refractivity contribution in [3.8, 4) is 11.4 Å². The first-order valence-electron chi connectivity index (χ1n) is 10.5. The number of nitrogens with zero attached hydrogens (tertiary/aromatic N) is 2. The van der Waals surface area contributed by atoms with Gasteiger partial charge in [0.15, 0.2) is 0 Å². The Hall–Kier alpha value is -2.47. The number of carbonyl (C=O) groups is 1. The van der Waals surface area contributed by atoms with Gasteiger partial charge in [0.2, 0.25) is 5.91 Å². The topological polar surface area (TPSA) is 64.0 Å². The molecular formula is C23H27N3O2S. The zero-order valence-electron chi connectivity index (χ0n) is 17.1. The quantitative estimate of drug-likeness (QED) is 0.620. The normalized spacial score (nSPS) is 13.4. The maximum Gasteiger partial charge on any atom is 0.263 e. The van der Waals surface area contributed by atoms with Crippen LogP contribution in [0.4, 0.5) is 0 Å². The van der Waals surface area contributed by atoms with Crippen molar-refractivity contribution in [3.05, 3.63) is 50.6 Å². The molecular weight excluding hydrogens is 382 g/mol. The molecule has 1 aliphatic carbocycles. The highest BCUT2D eigenvalue weighted by atomic mass is 32.1. The van der Waals surface area contributed by atoms with Gasteiger partial charge in [-0.1, -0.05) is 37.1 Å². The largest absolute Gasteiger partial charge is 0.355 e. The molecule has 2 aromatic heterocycles. The number of aromatic nitrogens is 2. The van der Waals surface area contributed by atoms with Crippen molar-refractivity contribution < 1.29 is 4.79 Å². The molecule has 2 heterocycles. The number of hydrogen-bond acceptors (Lipinski definition) is 4. The molecule has 3 aromatic rings. The minimum absolute atomic E-state index is 0.000612. The summed E-state index contributed by atoms with van der Waals surface area (Å²) in [6.07, 6.45) is 6.17. The van der Waals surface area contributed by atoms with Crippen LogP contribution in [0.3, 0.4) is 0 Å². The SMILES string of the molecule is CCCCNC(=O)Cn1c(-c2cccc(C)c2)nc2sc3c(c2c1=O)CCCC3. The summed E-state index contributed by atoms with van der Waals surface area (Å²) in [7, 11) is 0. The van der Waals surface area contributed by atoms with Crippen molar-refractivity contribution in [2.45, 2.75) is 58.9 Å². The zero-order valence-corrected chi connectivity index (χ0v) is 17.9. The third-order valence-electron chi connectivity index (χ3n) is 5.51. The minimum atomic E-state index is -0.139. The zero-order chi connectivity index (χ0) is 20.4. The van der Waals surface area contributed by atoms with E-state index in [1.807, 2.05) is 31.2 Å². The summed E-state index contributed by atoms with van der Waals surface area (Å²) in [5.41, 5.74) is 3.04. The molecule has 1 aliphatic rings. The van der Waals surface area contributed by atoms with E-state index < -0.39 is 0 Å². The first-order chi connectivity index (χ1) is 14.1. The van der Waals surface area contributed by atoms with Crippen LogP contribution in [0.5, 0.6) is 0 Å². The molecule has 1 N–H and O–H groups in total. The van der Waals surface area contributed by atoms with Gasteiger partial charge in [0, 0.05) is 17.0 Å². The minimum Gasteiger partial charge on any atom is -0.355 e. The maximum atomic E-state index is 13.6. The molecule has 0 radical (unpaired) electrons. The van der Waals surface area contributed by atoms with Crippen LogP contribution in [-0.2, 0) is 24.2 Å². The summed E-state index contributed by atoms with van der Waals surface area (Å²) >= 11 is 1.65. The number of amides is 1. The molecule has 0 fully saturated rings. The van der Waals surface area contributed by atoms with Gasteiger partial charge >= 0.3 is 0 Å². The summed E-state index contributed by atoms with van der Waals surface area (Å²) in [6.45, 7) is 4.74. The lowest BCUT2D eigenvalue weighted by Gasteiger charge is -2.14. The van der Waals surface area contributed by atoms with Gasteiger partial charge in [-0.2, -0.15) is 0 Å². The highest BCUT2D eigenvalue weighted by Crippen LogP contribution is 2.34. The van der Waals surface area contributed by atoms with Gasteiger partial charge in [-0.25, -0.2) is 4.98 Å². The second-order valence-corrected chi connectivity index (χ2v) is 8.87. The molecule has 0 saturated carbocycles. The maximum absolute atomic E-state index is 13.6. The van der Waals surface area contributed by atoms with Crippen molar-refractivity contribution in [1.82, 2.24) is 14.9 Å². The van der Waals surface area contributed by atoms with Crippen molar-refractivity contribution in [2.24, 2.45) is 0 Å². The van der Waals surface area contributed by atoms with E-state index in [-0.39, 0.29) is 18.0 Å². The summed E-state index contributed by atoms with van der Waals surface area (Å²) in [6, 6.07) is 7.96. The van der Waals surface area contributed by atoms with Crippen molar-refractivity contribution >= 4 is 27.5 Å². The van der Waals surface area contributed by atoms with Gasteiger partial charge in [0.05, 0.1) is 5.39 Å². The smallest absolute Gasteiger partial charge is 0.263 e. The first kappa shape index (κ1) is 19.8. The van der Waals surface area contributed by atoms with E-state index in [9.17, 15) is 9.59 Å². The van der Waals surface area contributed by atoms with E-state index in [0.717, 1.165) is 59.0 Å². The van der Waals surface area contributed by atoms with E-state index in [0.29, 0.717) is 12.4 Å². The molecule has 5 nitrogen and oxygen atoms in total. The van der Waals surface area contributed by atoms with E-state index >= 15 is 0 Å². The molecule has 4 rings (SSSR count). The number of hydrogen-bond donors (Lipinski definition) is 1. The summed E-state index contributed by atoms with van der Waals surface area (Å²) < 4.78 is 1.57. The standard InChI is InChI=1S/C23H27N3O2S/c1-3-4-12-24-19(27)14-26-21(16-9-7-8-15(2)13-16)25-22-20(23(26)28)17-10-5-6-11-18(17)29-22/h7-9,13H,3-6,10-12,14H2,1-2H3,(H,24,27). The first-order valence-corrected chi connectivity index (χ1v) is 11.3. The fourth-order valence-electron chi connectivity index (χ4n) is 3.99. The van der Waals surface area contributed by atoms with Crippen LogP contribution in [-0.4, -0.2) is 22.0 Å². The summed E-state index contributed by atoms with van der Waals surface area (Å²) in [5.74, 6) is 0.440. The Labute approximate surface area is 174 Å². The molecule has 29 heavy (non-hydrogen) atoms. The highest BCUT2D eigenvalue weighted by Gasteiger charge is 2.23. The second-order valence-electron chi connectivity index (χ2n) is 7.79.